The van der Waals surface area contributed by atoms with Gasteiger partial charge in [0.1, 0.15) is 5.78 Å². The van der Waals surface area contributed by atoms with E-state index in [1.165, 1.54) is 44.9 Å². The Morgan fingerprint density at radius 3 is 2.40 bits per heavy atom. The van der Waals surface area contributed by atoms with Crippen molar-refractivity contribution in [3.8, 4) is 0 Å². The summed E-state index contributed by atoms with van der Waals surface area (Å²) in [5, 5.41) is 0. The normalized spacial score (nSPS) is 44.0. The highest BCUT2D eigenvalue weighted by molar-refractivity contribution is 5.78. The van der Waals surface area contributed by atoms with Crippen LogP contribution in [-0.2, 0) is 4.79 Å². The summed E-state index contributed by atoms with van der Waals surface area (Å²) in [6.07, 6.45) is 12.8. The molecule has 0 saturated heterocycles. The molecular formula is C23H39NO. The predicted molar refractivity (Wildman–Crippen MR) is 106 cm³/mol. The second-order valence-electron chi connectivity index (χ2n) is 9.69. The molecule has 3 rings (SSSR count). The van der Waals surface area contributed by atoms with Crippen molar-refractivity contribution in [2.75, 3.05) is 0 Å². The van der Waals surface area contributed by atoms with Gasteiger partial charge in [-0.25, -0.2) is 0 Å². The highest BCUT2D eigenvalue weighted by atomic mass is 16.1. The molecule has 25 heavy (non-hydrogen) atoms. The Kier molecular flexibility index (Phi) is 5.75. The standard InChI is InChI=1S/C23H39NO/c1-6-23(11-7-8-12-23)22-16(3)21(14-24-17(22)4)19-9-10-20(18(5)25)15(2)13-19/h14-17,19-22H,6-13H2,1-5H3. The van der Waals surface area contributed by atoms with Gasteiger partial charge in [0.05, 0.1) is 6.04 Å². The molecule has 0 radical (unpaired) electrons. The van der Waals surface area contributed by atoms with E-state index in [2.05, 4.69) is 33.9 Å². The van der Waals surface area contributed by atoms with Gasteiger partial charge in [0.2, 0.25) is 0 Å². The molecule has 3 aliphatic rings. The van der Waals surface area contributed by atoms with Crippen molar-refractivity contribution in [2.45, 2.75) is 92.0 Å². The number of carbonyl (C=O) groups is 1. The van der Waals surface area contributed by atoms with Gasteiger partial charge in [-0.1, -0.05) is 40.0 Å². The number of rotatable bonds is 4. The van der Waals surface area contributed by atoms with Crippen molar-refractivity contribution >= 4 is 12.0 Å². The molecule has 142 valence electrons. The molecule has 7 unspecified atom stereocenters. The SMILES string of the molecule is CCC1(C2C(C)N=CC(C3CCC(C(C)=O)C(C)C3)C2C)CCCC1. The molecule has 0 aromatic heterocycles. The van der Waals surface area contributed by atoms with Crippen LogP contribution in [0.3, 0.4) is 0 Å². The van der Waals surface area contributed by atoms with E-state index >= 15 is 0 Å². The highest BCUT2D eigenvalue weighted by Gasteiger charge is 2.49. The van der Waals surface area contributed by atoms with Gasteiger partial charge in [0.25, 0.3) is 0 Å². The first-order chi connectivity index (χ1) is 11.9. The quantitative estimate of drug-likeness (QED) is 0.620. The Labute approximate surface area is 155 Å². The van der Waals surface area contributed by atoms with Gasteiger partial charge in [-0.3, -0.25) is 9.79 Å². The molecule has 1 aliphatic heterocycles. The molecule has 0 spiro atoms. The van der Waals surface area contributed by atoms with Crippen molar-refractivity contribution in [1.82, 2.24) is 0 Å². The number of hydrogen-bond donors (Lipinski definition) is 0. The number of ketones is 1. The minimum absolute atomic E-state index is 0.304. The second-order valence-corrected chi connectivity index (χ2v) is 9.69. The molecule has 2 saturated carbocycles. The molecule has 2 heteroatoms. The summed E-state index contributed by atoms with van der Waals surface area (Å²) in [6.45, 7) is 11.4. The fourth-order valence-electron chi connectivity index (χ4n) is 7.16. The van der Waals surface area contributed by atoms with Crippen LogP contribution in [0.25, 0.3) is 0 Å². The molecule has 0 aromatic rings. The average Bonchev–Trinajstić information content (AvgIpc) is 3.04. The summed E-state index contributed by atoms with van der Waals surface area (Å²) in [6, 6.07) is 0.482. The fourth-order valence-corrected chi connectivity index (χ4v) is 7.16. The Hall–Kier alpha value is -0.660. The van der Waals surface area contributed by atoms with Crippen LogP contribution in [0.1, 0.15) is 86.0 Å². The van der Waals surface area contributed by atoms with E-state index in [-0.39, 0.29) is 0 Å². The minimum atomic E-state index is 0.304. The third kappa shape index (κ3) is 3.47. The van der Waals surface area contributed by atoms with Crippen LogP contribution < -0.4 is 0 Å². The lowest BCUT2D eigenvalue weighted by Gasteiger charge is -2.49. The van der Waals surface area contributed by atoms with E-state index in [4.69, 9.17) is 4.99 Å². The van der Waals surface area contributed by atoms with Crippen LogP contribution in [0.15, 0.2) is 4.99 Å². The average molecular weight is 346 g/mol. The summed E-state index contributed by atoms with van der Waals surface area (Å²) in [5.41, 5.74) is 0.539. The highest BCUT2D eigenvalue weighted by Crippen LogP contribution is 2.55. The van der Waals surface area contributed by atoms with E-state index in [9.17, 15) is 4.79 Å². The maximum Gasteiger partial charge on any atom is 0.133 e. The number of hydrogen-bond acceptors (Lipinski definition) is 2. The zero-order valence-electron chi connectivity index (χ0n) is 17.1. The monoisotopic (exact) mass is 345 g/mol. The third-order valence-electron chi connectivity index (χ3n) is 8.47. The van der Waals surface area contributed by atoms with Crippen LogP contribution in [0, 0.1) is 40.9 Å². The van der Waals surface area contributed by atoms with Crippen molar-refractivity contribution < 1.29 is 4.79 Å². The molecule has 0 bridgehead atoms. The van der Waals surface area contributed by atoms with Crippen molar-refractivity contribution in [3.05, 3.63) is 0 Å². The molecule has 0 N–H and O–H groups in total. The number of carbonyl (C=O) groups excluding carboxylic acids is 1. The smallest absolute Gasteiger partial charge is 0.133 e. The van der Waals surface area contributed by atoms with Crippen molar-refractivity contribution in [3.63, 3.8) is 0 Å². The van der Waals surface area contributed by atoms with Gasteiger partial charge in [-0.05, 0) is 81.0 Å². The lowest BCUT2D eigenvalue weighted by molar-refractivity contribution is -0.123. The summed E-state index contributed by atoms with van der Waals surface area (Å²) < 4.78 is 0. The molecule has 1 heterocycles. The van der Waals surface area contributed by atoms with E-state index in [1.54, 1.807) is 6.92 Å². The van der Waals surface area contributed by atoms with Crippen LogP contribution in [-0.4, -0.2) is 18.0 Å². The largest absolute Gasteiger partial charge is 0.300 e. The number of nitrogens with zero attached hydrogens (tertiary/aromatic N) is 1. The van der Waals surface area contributed by atoms with Gasteiger partial charge >= 0.3 is 0 Å². The van der Waals surface area contributed by atoms with Gasteiger partial charge in [-0.15, -0.1) is 0 Å². The van der Waals surface area contributed by atoms with Crippen molar-refractivity contribution in [2.24, 2.45) is 45.9 Å². The molecular weight excluding hydrogens is 306 g/mol. The second kappa shape index (κ2) is 7.53. The van der Waals surface area contributed by atoms with Crippen LogP contribution in [0.5, 0.6) is 0 Å². The third-order valence-corrected chi connectivity index (χ3v) is 8.47. The molecule has 2 aliphatic carbocycles. The summed E-state index contributed by atoms with van der Waals surface area (Å²) >= 11 is 0. The first-order valence-electron chi connectivity index (χ1n) is 10.9. The van der Waals surface area contributed by atoms with Crippen molar-refractivity contribution in [1.29, 1.82) is 0 Å². The Balaban J connectivity index is 1.77. The van der Waals surface area contributed by atoms with Crippen LogP contribution >= 0.6 is 0 Å². The molecule has 7 atom stereocenters. The molecule has 0 amide bonds. The van der Waals surface area contributed by atoms with E-state index < -0.39 is 0 Å². The Morgan fingerprint density at radius 1 is 1.16 bits per heavy atom. The van der Waals surface area contributed by atoms with Gasteiger partial charge < -0.3 is 0 Å². The first-order valence-corrected chi connectivity index (χ1v) is 10.9. The zero-order chi connectivity index (χ0) is 18.2. The minimum Gasteiger partial charge on any atom is -0.300 e. The molecule has 0 aromatic carbocycles. The zero-order valence-corrected chi connectivity index (χ0v) is 17.1. The fraction of sp³-hybridized carbons (Fsp3) is 0.913. The maximum absolute atomic E-state index is 11.9. The number of aliphatic imine (C=N–C) groups is 1. The van der Waals surface area contributed by atoms with E-state index in [1.807, 2.05) is 0 Å². The van der Waals surface area contributed by atoms with Gasteiger partial charge in [-0.2, -0.15) is 0 Å². The summed E-state index contributed by atoms with van der Waals surface area (Å²) in [5.74, 6) is 4.08. The predicted octanol–water partition coefficient (Wildman–Crippen LogP) is 5.94. The lowest BCUT2D eigenvalue weighted by atomic mass is 9.57. The first kappa shape index (κ1) is 19.1. The van der Waals surface area contributed by atoms with E-state index in [0.717, 1.165) is 24.2 Å². The Bertz CT molecular complexity index is 504. The Morgan fingerprint density at radius 2 is 1.84 bits per heavy atom. The van der Waals surface area contributed by atoms with Crippen LogP contribution in [0.2, 0.25) is 0 Å². The lowest BCUT2D eigenvalue weighted by Crippen LogP contribution is -2.47. The van der Waals surface area contributed by atoms with Crippen LogP contribution in [0.4, 0.5) is 0 Å². The van der Waals surface area contributed by atoms with E-state index in [0.29, 0.717) is 35.0 Å². The number of Topliss-reactive ketones (excluding diaryl/α,β-unsaturated/α-hetero) is 1. The topological polar surface area (TPSA) is 29.4 Å². The molecule has 2 fully saturated rings. The summed E-state index contributed by atoms with van der Waals surface area (Å²) in [4.78, 5) is 16.9. The summed E-state index contributed by atoms with van der Waals surface area (Å²) in [7, 11) is 0. The van der Waals surface area contributed by atoms with Gasteiger partial charge in [0, 0.05) is 12.1 Å². The molecule has 2 nitrogen and oxygen atoms in total. The van der Waals surface area contributed by atoms with Gasteiger partial charge in [0.15, 0.2) is 0 Å². The maximum atomic E-state index is 11.9.